The summed E-state index contributed by atoms with van der Waals surface area (Å²) < 4.78 is 6.18. The van der Waals surface area contributed by atoms with Crippen molar-refractivity contribution < 1.29 is 9.53 Å². The van der Waals surface area contributed by atoms with E-state index in [-0.39, 0.29) is 5.97 Å². The van der Waals surface area contributed by atoms with E-state index >= 15 is 0 Å². The molecule has 0 aliphatic carbocycles. The van der Waals surface area contributed by atoms with E-state index in [4.69, 9.17) is 4.74 Å². The van der Waals surface area contributed by atoms with Crippen LogP contribution >= 0.6 is 22.6 Å². The number of rotatable bonds is 2. The van der Waals surface area contributed by atoms with Crippen LogP contribution in [0.5, 0.6) is 0 Å². The zero-order valence-corrected chi connectivity index (χ0v) is 11.4. The molecule has 82 valence electrons. The minimum absolute atomic E-state index is 0.255. The molecule has 0 radical (unpaired) electrons. The Labute approximate surface area is 104 Å². The normalized spacial score (nSPS) is 11.2. The molecule has 3 heteroatoms. The molecule has 0 fully saturated rings. The van der Waals surface area contributed by atoms with E-state index in [0.717, 1.165) is 9.99 Å². The van der Waals surface area contributed by atoms with E-state index in [2.05, 4.69) is 22.6 Å². The topological polar surface area (TPSA) is 26.3 Å². The van der Waals surface area contributed by atoms with Gasteiger partial charge in [0.05, 0.1) is 5.56 Å². The molecule has 0 saturated carbocycles. The van der Waals surface area contributed by atoms with E-state index < -0.39 is 5.60 Å². The average Bonchev–Trinajstić information content (AvgIpc) is 2.15. The van der Waals surface area contributed by atoms with Crippen molar-refractivity contribution in [3.63, 3.8) is 0 Å². The molecule has 2 nitrogen and oxygen atoms in total. The molecule has 15 heavy (non-hydrogen) atoms. The molecule has 0 unspecified atom stereocenters. The number of hydrogen-bond acceptors (Lipinski definition) is 2. The van der Waals surface area contributed by atoms with Crippen LogP contribution in [0.4, 0.5) is 0 Å². The Bertz CT molecular complexity index is 353. The van der Waals surface area contributed by atoms with Crippen molar-refractivity contribution in [2.45, 2.75) is 30.8 Å². The lowest BCUT2D eigenvalue weighted by Crippen LogP contribution is -2.23. The highest BCUT2D eigenvalue weighted by Gasteiger charge is 2.17. The van der Waals surface area contributed by atoms with Gasteiger partial charge in [-0.15, -0.1) is 0 Å². The molecule has 0 bridgehead atoms. The van der Waals surface area contributed by atoms with Gasteiger partial charge in [-0.2, -0.15) is 0 Å². The predicted octanol–water partition coefficient (Wildman–Crippen LogP) is 3.58. The molecule has 0 heterocycles. The van der Waals surface area contributed by atoms with E-state index in [9.17, 15) is 4.79 Å². The maximum atomic E-state index is 11.7. The molecule has 1 aromatic rings. The summed E-state index contributed by atoms with van der Waals surface area (Å²) in [7, 11) is 0. The summed E-state index contributed by atoms with van der Waals surface area (Å²) in [6.45, 7) is 5.60. The second kappa shape index (κ2) is 4.96. The highest BCUT2D eigenvalue weighted by molar-refractivity contribution is 14.1. The smallest absolute Gasteiger partial charge is 0.338 e. The van der Waals surface area contributed by atoms with E-state index in [1.165, 1.54) is 0 Å². The minimum atomic E-state index is -0.433. The quantitative estimate of drug-likeness (QED) is 0.473. The average molecular weight is 318 g/mol. The van der Waals surface area contributed by atoms with Crippen LogP contribution in [0.2, 0.25) is 0 Å². The molecule has 0 N–H and O–H groups in total. The number of alkyl halides is 1. The number of hydrogen-bond donors (Lipinski definition) is 0. The van der Waals surface area contributed by atoms with E-state index in [0.29, 0.717) is 5.56 Å². The van der Waals surface area contributed by atoms with Crippen LogP contribution in [0.25, 0.3) is 0 Å². The molecule has 0 aliphatic rings. The number of halogens is 1. The number of carbonyl (C=O) groups excluding carboxylic acids is 1. The number of ether oxygens (including phenoxy) is 1. The number of carbonyl (C=O) groups is 1. The van der Waals surface area contributed by atoms with Gasteiger partial charge >= 0.3 is 5.97 Å². The monoisotopic (exact) mass is 318 g/mol. The lowest BCUT2D eigenvalue weighted by Gasteiger charge is -2.19. The maximum absolute atomic E-state index is 11.7. The Balaban J connectivity index is 2.82. The van der Waals surface area contributed by atoms with Crippen molar-refractivity contribution in [1.29, 1.82) is 0 Å². The van der Waals surface area contributed by atoms with Gasteiger partial charge in [-0.05, 0) is 38.5 Å². The van der Waals surface area contributed by atoms with Gasteiger partial charge in [0, 0.05) is 4.43 Å². The van der Waals surface area contributed by atoms with E-state index in [1.54, 1.807) is 6.07 Å². The first-order chi connectivity index (χ1) is 6.92. The second-order valence-electron chi connectivity index (χ2n) is 4.34. The first kappa shape index (κ1) is 12.5. The number of benzene rings is 1. The molecule has 0 aliphatic heterocycles. The van der Waals surface area contributed by atoms with Crippen LogP contribution < -0.4 is 0 Å². The lowest BCUT2D eigenvalue weighted by molar-refractivity contribution is 0.00694. The van der Waals surface area contributed by atoms with Crippen LogP contribution in [0, 0.1) is 0 Å². The van der Waals surface area contributed by atoms with Gasteiger partial charge in [-0.1, -0.05) is 34.7 Å². The fourth-order valence-corrected chi connectivity index (χ4v) is 1.59. The van der Waals surface area contributed by atoms with Crippen molar-refractivity contribution in [1.82, 2.24) is 0 Å². The summed E-state index contributed by atoms with van der Waals surface area (Å²) in [5.41, 5.74) is 1.33. The molecule has 0 saturated heterocycles. The Kier molecular flexibility index (Phi) is 4.13. The summed E-state index contributed by atoms with van der Waals surface area (Å²) in [5.74, 6) is -0.255. The SMILES string of the molecule is CC(C)(C)OC(=O)c1cccc(CI)c1. The van der Waals surface area contributed by atoms with Crippen LogP contribution in [0.15, 0.2) is 24.3 Å². The van der Waals surface area contributed by atoms with Gasteiger partial charge in [-0.25, -0.2) is 4.79 Å². The molecule has 0 aromatic heterocycles. The molecule has 0 spiro atoms. The molecule has 1 rings (SSSR count). The minimum Gasteiger partial charge on any atom is -0.456 e. The Morgan fingerprint density at radius 2 is 2.07 bits per heavy atom. The molecular formula is C12H15IO2. The van der Waals surface area contributed by atoms with Crippen molar-refractivity contribution >= 4 is 28.6 Å². The van der Waals surface area contributed by atoms with Gasteiger partial charge < -0.3 is 4.74 Å². The first-order valence-electron chi connectivity index (χ1n) is 4.80. The van der Waals surface area contributed by atoms with Gasteiger partial charge in [0.25, 0.3) is 0 Å². The molecule has 0 atom stereocenters. The largest absolute Gasteiger partial charge is 0.456 e. The van der Waals surface area contributed by atoms with Crippen LogP contribution in [0.1, 0.15) is 36.7 Å². The third kappa shape index (κ3) is 4.20. The third-order valence-electron chi connectivity index (χ3n) is 1.72. The number of esters is 1. The van der Waals surface area contributed by atoms with Crippen molar-refractivity contribution in [2.75, 3.05) is 0 Å². The summed E-state index contributed by atoms with van der Waals surface area (Å²) in [6, 6.07) is 7.54. The first-order valence-corrected chi connectivity index (χ1v) is 6.33. The summed E-state index contributed by atoms with van der Waals surface area (Å²) in [5, 5.41) is 0. The zero-order chi connectivity index (χ0) is 11.5. The molecule has 1 aromatic carbocycles. The second-order valence-corrected chi connectivity index (χ2v) is 5.10. The van der Waals surface area contributed by atoms with E-state index in [1.807, 2.05) is 39.0 Å². The molecular weight excluding hydrogens is 303 g/mol. The van der Waals surface area contributed by atoms with Crippen LogP contribution in [-0.4, -0.2) is 11.6 Å². The maximum Gasteiger partial charge on any atom is 0.338 e. The summed E-state index contributed by atoms with van der Waals surface area (Å²) in [6.07, 6.45) is 0. The Morgan fingerprint density at radius 1 is 1.40 bits per heavy atom. The van der Waals surface area contributed by atoms with Gasteiger partial charge in [0.1, 0.15) is 5.60 Å². The highest BCUT2D eigenvalue weighted by Crippen LogP contribution is 2.14. The van der Waals surface area contributed by atoms with Gasteiger partial charge in [0.15, 0.2) is 0 Å². The lowest BCUT2D eigenvalue weighted by atomic mass is 10.1. The Morgan fingerprint density at radius 3 is 2.60 bits per heavy atom. The summed E-state index contributed by atoms with van der Waals surface area (Å²) in [4.78, 5) is 11.7. The van der Waals surface area contributed by atoms with Crippen molar-refractivity contribution in [3.8, 4) is 0 Å². The van der Waals surface area contributed by atoms with Crippen molar-refractivity contribution in [3.05, 3.63) is 35.4 Å². The zero-order valence-electron chi connectivity index (χ0n) is 9.21. The van der Waals surface area contributed by atoms with Crippen LogP contribution in [-0.2, 0) is 9.16 Å². The van der Waals surface area contributed by atoms with Gasteiger partial charge in [-0.3, -0.25) is 0 Å². The van der Waals surface area contributed by atoms with Gasteiger partial charge in [0.2, 0.25) is 0 Å². The highest BCUT2D eigenvalue weighted by atomic mass is 127. The van der Waals surface area contributed by atoms with Crippen LogP contribution in [0.3, 0.4) is 0 Å². The molecule has 0 amide bonds. The Hall–Kier alpha value is -0.580. The fourth-order valence-electron chi connectivity index (χ4n) is 1.12. The van der Waals surface area contributed by atoms with Crippen molar-refractivity contribution in [2.24, 2.45) is 0 Å². The summed E-state index contributed by atoms with van der Waals surface area (Å²) >= 11 is 2.27. The third-order valence-corrected chi connectivity index (χ3v) is 2.60. The predicted molar refractivity (Wildman–Crippen MR) is 69.3 cm³/mol. The fraction of sp³-hybridized carbons (Fsp3) is 0.417. The standard InChI is InChI=1S/C12H15IO2/c1-12(2,3)15-11(14)10-6-4-5-9(7-10)8-13/h4-7H,8H2,1-3H3.